The van der Waals surface area contributed by atoms with E-state index in [2.05, 4.69) is 48.3 Å². The van der Waals surface area contributed by atoms with Gasteiger partial charge < -0.3 is 10.6 Å². The van der Waals surface area contributed by atoms with Gasteiger partial charge in [-0.05, 0) is 30.9 Å². The van der Waals surface area contributed by atoms with E-state index in [0.717, 1.165) is 31.5 Å². The molecule has 3 unspecified atom stereocenters. The second kappa shape index (κ2) is 9.26. The van der Waals surface area contributed by atoms with Crippen LogP contribution in [0.15, 0.2) is 30.3 Å². The lowest BCUT2D eigenvalue weighted by molar-refractivity contribution is -0.126. The average molecular weight is 401 g/mol. The molecule has 0 radical (unpaired) electrons. The van der Waals surface area contributed by atoms with Gasteiger partial charge in [-0.2, -0.15) is 0 Å². The first-order valence-electron chi connectivity index (χ1n) is 10.8. The number of nitrogens with zero attached hydrogens (tertiary/aromatic N) is 2. The van der Waals surface area contributed by atoms with Gasteiger partial charge in [0.15, 0.2) is 0 Å². The summed E-state index contributed by atoms with van der Waals surface area (Å²) < 4.78 is 0. The van der Waals surface area contributed by atoms with Gasteiger partial charge in [0, 0.05) is 44.7 Å². The number of likely N-dealkylation sites (N-methyl/N-ethyl adjacent to an activating group) is 1. The Balaban J connectivity index is 1.54. The van der Waals surface area contributed by atoms with Gasteiger partial charge in [-0.3, -0.25) is 19.4 Å². The molecule has 160 valence electrons. The van der Waals surface area contributed by atoms with Crippen molar-refractivity contribution in [1.29, 1.82) is 0 Å². The maximum absolute atomic E-state index is 12.8. The molecule has 0 bridgehead atoms. The number of hydrogen-bond acceptors (Lipinski definition) is 4. The quantitative estimate of drug-likeness (QED) is 0.767. The van der Waals surface area contributed by atoms with E-state index in [-0.39, 0.29) is 35.4 Å². The van der Waals surface area contributed by atoms with Crippen LogP contribution in [0.1, 0.15) is 45.6 Å². The SMILES string of the molecule is CN1C(CCC(=O)NCc2ccccc2)CNC(=O)C2C1CCN2CC(C)(C)C. The van der Waals surface area contributed by atoms with E-state index >= 15 is 0 Å². The van der Waals surface area contributed by atoms with Gasteiger partial charge in [0.2, 0.25) is 11.8 Å². The van der Waals surface area contributed by atoms with Crippen molar-refractivity contribution in [2.75, 3.05) is 26.7 Å². The molecule has 6 heteroatoms. The van der Waals surface area contributed by atoms with E-state index < -0.39 is 0 Å². The molecule has 0 aliphatic carbocycles. The Hall–Kier alpha value is -1.92. The van der Waals surface area contributed by atoms with Crippen molar-refractivity contribution in [3.05, 3.63) is 35.9 Å². The number of fused-ring (bicyclic) bond motifs is 1. The van der Waals surface area contributed by atoms with Crippen LogP contribution in [0, 0.1) is 5.41 Å². The fourth-order valence-corrected chi connectivity index (χ4v) is 4.62. The molecule has 2 amide bonds. The summed E-state index contributed by atoms with van der Waals surface area (Å²) >= 11 is 0. The zero-order valence-corrected chi connectivity index (χ0v) is 18.3. The highest BCUT2D eigenvalue weighted by molar-refractivity contribution is 5.83. The molecule has 2 N–H and O–H groups in total. The van der Waals surface area contributed by atoms with E-state index in [9.17, 15) is 9.59 Å². The number of hydrogen-bond donors (Lipinski definition) is 2. The van der Waals surface area contributed by atoms with Crippen LogP contribution in [-0.2, 0) is 16.1 Å². The average Bonchev–Trinajstić information content (AvgIpc) is 3.03. The van der Waals surface area contributed by atoms with Gasteiger partial charge in [-0.1, -0.05) is 51.1 Å². The zero-order valence-electron chi connectivity index (χ0n) is 18.3. The smallest absolute Gasteiger partial charge is 0.239 e. The second-order valence-electron chi connectivity index (χ2n) is 9.70. The predicted molar refractivity (Wildman–Crippen MR) is 115 cm³/mol. The van der Waals surface area contributed by atoms with Gasteiger partial charge in [0.1, 0.15) is 6.04 Å². The Morgan fingerprint density at radius 2 is 1.97 bits per heavy atom. The van der Waals surface area contributed by atoms with E-state index in [4.69, 9.17) is 0 Å². The van der Waals surface area contributed by atoms with E-state index in [1.807, 2.05) is 30.3 Å². The summed E-state index contributed by atoms with van der Waals surface area (Å²) in [5, 5.41) is 6.14. The van der Waals surface area contributed by atoms with E-state index in [1.165, 1.54) is 0 Å². The Kier molecular flexibility index (Phi) is 6.96. The molecule has 3 atom stereocenters. The maximum Gasteiger partial charge on any atom is 0.239 e. The van der Waals surface area contributed by atoms with Crippen molar-refractivity contribution in [2.45, 2.75) is 64.7 Å². The molecular formula is C23H36N4O2. The lowest BCUT2D eigenvalue weighted by Gasteiger charge is -2.34. The normalized spacial score (nSPS) is 25.9. The molecule has 0 aromatic heterocycles. The highest BCUT2D eigenvalue weighted by atomic mass is 16.2. The van der Waals surface area contributed by atoms with Crippen LogP contribution in [0.3, 0.4) is 0 Å². The maximum atomic E-state index is 12.8. The third-order valence-electron chi connectivity index (χ3n) is 6.06. The third kappa shape index (κ3) is 5.80. The Morgan fingerprint density at radius 1 is 1.24 bits per heavy atom. The number of benzene rings is 1. The van der Waals surface area contributed by atoms with Crippen molar-refractivity contribution < 1.29 is 9.59 Å². The van der Waals surface area contributed by atoms with Gasteiger partial charge in [-0.25, -0.2) is 0 Å². The summed E-state index contributed by atoms with van der Waals surface area (Å²) in [6, 6.07) is 10.3. The third-order valence-corrected chi connectivity index (χ3v) is 6.06. The molecule has 0 spiro atoms. The topological polar surface area (TPSA) is 64.7 Å². The van der Waals surface area contributed by atoms with Crippen molar-refractivity contribution in [3.63, 3.8) is 0 Å². The first kappa shape index (κ1) is 21.8. The monoisotopic (exact) mass is 400 g/mol. The minimum atomic E-state index is -0.0869. The van der Waals surface area contributed by atoms with Crippen LogP contribution >= 0.6 is 0 Å². The van der Waals surface area contributed by atoms with Gasteiger partial charge >= 0.3 is 0 Å². The Morgan fingerprint density at radius 3 is 2.66 bits per heavy atom. The van der Waals surface area contributed by atoms with Crippen LogP contribution in [-0.4, -0.2) is 66.4 Å². The number of likely N-dealkylation sites (tertiary alicyclic amines) is 1. The molecule has 29 heavy (non-hydrogen) atoms. The minimum Gasteiger partial charge on any atom is -0.353 e. The van der Waals surface area contributed by atoms with Gasteiger partial charge in [-0.15, -0.1) is 0 Å². The summed E-state index contributed by atoms with van der Waals surface area (Å²) in [4.78, 5) is 29.8. The van der Waals surface area contributed by atoms with Crippen LogP contribution in [0.5, 0.6) is 0 Å². The fraction of sp³-hybridized carbons (Fsp3) is 0.652. The van der Waals surface area contributed by atoms with Crippen LogP contribution < -0.4 is 10.6 Å². The fourth-order valence-electron chi connectivity index (χ4n) is 4.62. The Labute approximate surface area is 175 Å². The van der Waals surface area contributed by atoms with Crippen LogP contribution in [0.25, 0.3) is 0 Å². The van der Waals surface area contributed by atoms with Crippen LogP contribution in [0.2, 0.25) is 0 Å². The number of rotatable bonds is 6. The standard InChI is InChI=1S/C23H36N4O2/c1-23(2,3)16-27-13-12-19-21(27)22(29)25-15-18(26(19)4)10-11-20(28)24-14-17-8-6-5-7-9-17/h5-9,18-19,21H,10-16H2,1-4H3,(H,24,28)(H,25,29). The summed E-state index contributed by atoms with van der Waals surface area (Å²) in [6.07, 6.45) is 2.22. The summed E-state index contributed by atoms with van der Waals surface area (Å²) in [7, 11) is 2.12. The van der Waals surface area contributed by atoms with Gasteiger partial charge in [0.25, 0.3) is 0 Å². The molecule has 2 fully saturated rings. The number of nitrogens with one attached hydrogen (secondary N) is 2. The van der Waals surface area contributed by atoms with Crippen LogP contribution in [0.4, 0.5) is 0 Å². The highest BCUT2D eigenvalue weighted by Crippen LogP contribution is 2.30. The molecule has 1 aromatic rings. The number of carbonyl (C=O) groups is 2. The summed E-state index contributed by atoms with van der Waals surface area (Å²) in [5.41, 5.74) is 1.27. The van der Waals surface area contributed by atoms with E-state index in [0.29, 0.717) is 19.5 Å². The second-order valence-corrected chi connectivity index (χ2v) is 9.70. The molecule has 1 aromatic carbocycles. The molecular weight excluding hydrogens is 364 g/mol. The first-order chi connectivity index (χ1) is 13.7. The summed E-state index contributed by atoms with van der Waals surface area (Å²) in [5.74, 6) is 0.204. The lowest BCUT2D eigenvalue weighted by Crippen LogP contribution is -2.51. The largest absolute Gasteiger partial charge is 0.353 e. The number of carbonyl (C=O) groups excluding carboxylic acids is 2. The first-order valence-corrected chi connectivity index (χ1v) is 10.8. The van der Waals surface area contributed by atoms with E-state index in [1.54, 1.807) is 0 Å². The highest BCUT2D eigenvalue weighted by Gasteiger charge is 2.45. The van der Waals surface area contributed by atoms with Crippen molar-refractivity contribution in [1.82, 2.24) is 20.4 Å². The summed E-state index contributed by atoms with van der Waals surface area (Å²) in [6.45, 7) is 9.69. The van der Waals surface area contributed by atoms with Gasteiger partial charge in [0.05, 0.1) is 0 Å². The number of amides is 2. The zero-order chi connectivity index (χ0) is 21.0. The lowest BCUT2D eigenvalue weighted by atomic mass is 9.95. The molecule has 3 rings (SSSR count). The Bertz CT molecular complexity index is 701. The minimum absolute atomic E-state index is 0.0650. The predicted octanol–water partition coefficient (Wildman–Crippen LogP) is 2.00. The van der Waals surface area contributed by atoms with Crippen molar-refractivity contribution in [3.8, 4) is 0 Å². The molecule has 0 saturated carbocycles. The molecule has 2 aliphatic heterocycles. The molecule has 6 nitrogen and oxygen atoms in total. The molecule has 2 saturated heterocycles. The molecule has 2 heterocycles. The van der Waals surface area contributed by atoms with Crippen molar-refractivity contribution in [2.24, 2.45) is 5.41 Å². The van der Waals surface area contributed by atoms with Crippen molar-refractivity contribution >= 4 is 11.8 Å². The molecule has 2 aliphatic rings.